The van der Waals surface area contributed by atoms with Crippen LogP contribution in [-0.2, 0) is 5.75 Å². The van der Waals surface area contributed by atoms with Gasteiger partial charge in [-0.1, -0.05) is 6.07 Å². The SMILES string of the molecule is Cc1ccc(N)c(SCc2ncoc2C)c1. The van der Waals surface area contributed by atoms with Crippen LogP contribution in [0.2, 0.25) is 0 Å². The molecular formula is C12H14N2OS. The van der Waals surface area contributed by atoms with E-state index in [1.807, 2.05) is 19.1 Å². The van der Waals surface area contributed by atoms with E-state index in [0.29, 0.717) is 0 Å². The molecule has 1 aromatic carbocycles. The van der Waals surface area contributed by atoms with Gasteiger partial charge in [0.2, 0.25) is 0 Å². The van der Waals surface area contributed by atoms with Crippen LogP contribution >= 0.6 is 11.8 Å². The lowest BCUT2D eigenvalue weighted by molar-refractivity contribution is 0.525. The maximum Gasteiger partial charge on any atom is 0.181 e. The molecule has 0 aliphatic rings. The second-order valence-corrected chi connectivity index (χ2v) is 4.70. The van der Waals surface area contributed by atoms with Crippen LogP contribution in [0.15, 0.2) is 33.9 Å². The molecule has 0 aliphatic heterocycles. The number of nitrogens with two attached hydrogens (primary N) is 1. The van der Waals surface area contributed by atoms with E-state index in [4.69, 9.17) is 10.2 Å². The molecule has 1 aromatic heterocycles. The first-order chi connectivity index (χ1) is 7.66. The Morgan fingerprint density at radius 1 is 1.38 bits per heavy atom. The van der Waals surface area contributed by atoms with Crippen LogP contribution < -0.4 is 5.73 Å². The Labute approximate surface area is 99.1 Å². The second-order valence-electron chi connectivity index (χ2n) is 3.69. The van der Waals surface area contributed by atoms with Gasteiger partial charge in [0.1, 0.15) is 5.76 Å². The van der Waals surface area contributed by atoms with Crippen molar-refractivity contribution in [2.45, 2.75) is 24.5 Å². The minimum Gasteiger partial charge on any atom is -0.448 e. The van der Waals surface area contributed by atoms with Gasteiger partial charge < -0.3 is 10.2 Å². The molecule has 84 valence electrons. The lowest BCUT2D eigenvalue weighted by Gasteiger charge is -2.05. The van der Waals surface area contributed by atoms with Gasteiger partial charge in [-0.2, -0.15) is 0 Å². The largest absolute Gasteiger partial charge is 0.448 e. The van der Waals surface area contributed by atoms with Crippen LogP contribution in [0.1, 0.15) is 17.0 Å². The van der Waals surface area contributed by atoms with Gasteiger partial charge in [0.25, 0.3) is 0 Å². The zero-order chi connectivity index (χ0) is 11.5. The number of oxazole rings is 1. The molecule has 4 heteroatoms. The van der Waals surface area contributed by atoms with E-state index in [0.717, 1.165) is 27.8 Å². The van der Waals surface area contributed by atoms with E-state index >= 15 is 0 Å². The van der Waals surface area contributed by atoms with Crippen molar-refractivity contribution < 1.29 is 4.42 Å². The number of aromatic nitrogens is 1. The van der Waals surface area contributed by atoms with Gasteiger partial charge >= 0.3 is 0 Å². The third-order valence-corrected chi connectivity index (χ3v) is 3.46. The van der Waals surface area contributed by atoms with Crippen LogP contribution in [0.5, 0.6) is 0 Å². The average Bonchev–Trinajstić information content (AvgIpc) is 2.66. The first-order valence-corrected chi connectivity index (χ1v) is 6.03. The molecule has 0 bridgehead atoms. The normalized spacial score (nSPS) is 10.6. The fourth-order valence-electron chi connectivity index (χ4n) is 1.38. The van der Waals surface area contributed by atoms with Gasteiger partial charge in [0, 0.05) is 16.3 Å². The van der Waals surface area contributed by atoms with E-state index in [2.05, 4.69) is 18.0 Å². The maximum absolute atomic E-state index is 5.90. The zero-order valence-electron chi connectivity index (χ0n) is 9.36. The molecule has 2 N–H and O–H groups in total. The van der Waals surface area contributed by atoms with Crippen molar-refractivity contribution in [3.63, 3.8) is 0 Å². The molecule has 0 atom stereocenters. The predicted molar refractivity (Wildman–Crippen MR) is 66.4 cm³/mol. The quantitative estimate of drug-likeness (QED) is 0.654. The first kappa shape index (κ1) is 11.1. The highest BCUT2D eigenvalue weighted by atomic mass is 32.2. The molecule has 0 fully saturated rings. The van der Waals surface area contributed by atoms with Crippen molar-refractivity contribution in [3.05, 3.63) is 41.6 Å². The highest BCUT2D eigenvalue weighted by Crippen LogP contribution is 2.29. The summed E-state index contributed by atoms with van der Waals surface area (Å²) in [5.74, 6) is 1.66. The Hall–Kier alpha value is -1.42. The number of hydrogen-bond donors (Lipinski definition) is 1. The standard InChI is InChI=1S/C12H14N2OS/c1-8-3-4-10(13)12(5-8)16-6-11-9(2)15-7-14-11/h3-5,7H,6,13H2,1-2H3. The Kier molecular flexibility index (Phi) is 3.19. The Morgan fingerprint density at radius 3 is 2.88 bits per heavy atom. The summed E-state index contributed by atoms with van der Waals surface area (Å²) in [6.45, 7) is 3.98. The van der Waals surface area contributed by atoms with Crippen LogP contribution in [0.4, 0.5) is 5.69 Å². The van der Waals surface area contributed by atoms with Crippen LogP contribution in [0.25, 0.3) is 0 Å². The molecule has 1 heterocycles. The van der Waals surface area contributed by atoms with E-state index in [1.54, 1.807) is 11.8 Å². The van der Waals surface area contributed by atoms with Gasteiger partial charge in [-0.15, -0.1) is 11.8 Å². The molecular weight excluding hydrogens is 220 g/mol. The summed E-state index contributed by atoms with van der Waals surface area (Å²) in [6, 6.07) is 6.05. The van der Waals surface area contributed by atoms with Gasteiger partial charge in [0.15, 0.2) is 6.39 Å². The molecule has 3 nitrogen and oxygen atoms in total. The van der Waals surface area contributed by atoms with E-state index < -0.39 is 0 Å². The van der Waals surface area contributed by atoms with Gasteiger partial charge in [0.05, 0.1) is 5.69 Å². The number of benzene rings is 1. The average molecular weight is 234 g/mol. The van der Waals surface area contributed by atoms with Gasteiger partial charge in [-0.25, -0.2) is 4.98 Å². The summed E-state index contributed by atoms with van der Waals surface area (Å²) in [5, 5.41) is 0. The van der Waals surface area contributed by atoms with E-state index in [1.165, 1.54) is 12.0 Å². The molecule has 0 spiro atoms. The molecule has 2 aromatic rings. The number of hydrogen-bond acceptors (Lipinski definition) is 4. The molecule has 0 aliphatic carbocycles. The monoisotopic (exact) mass is 234 g/mol. The fraction of sp³-hybridized carbons (Fsp3) is 0.250. The van der Waals surface area contributed by atoms with Crippen LogP contribution in [0, 0.1) is 13.8 Å². The molecule has 0 saturated carbocycles. The molecule has 2 rings (SSSR count). The summed E-state index contributed by atoms with van der Waals surface area (Å²) >= 11 is 1.69. The Morgan fingerprint density at radius 2 is 2.19 bits per heavy atom. The summed E-state index contributed by atoms with van der Waals surface area (Å²) in [7, 11) is 0. The van der Waals surface area contributed by atoms with Crippen molar-refractivity contribution in [2.75, 3.05) is 5.73 Å². The third kappa shape index (κ3) is 2.39. The number of nitrogen functional groups attached to an aromatic ring is 1. The third-order valence-electron chi connectivity index (χ3n) is 2.38. The summed E-state index contributed by atoms with van der Waals surface area (Å²) in [6.07, 6.45) is 1.48. The number of nitrogens with zero attached hydrogens (tertiary/aromatic N) is 1. The number of thioether (sulfide) groups is 1. The molecule has 16 heavy (non-hydrogen) atoms. The second kappa shape index (κ2) is 4.61. The number of anilines is 1. The fourth-order valence-corrected chi connectivity index (χ4v) is 2.45. The minimum absolute atomic E-state index is 0.788. The van der Waals surface area contributed by atoms with Gasteiger partial charge in [-0.3, -0.25) is 0 Å². The van der Waals surface area contributed by atoms with E-state index in [-0.39, 0.29) is 0 Å². The molecule has 0 saturated heterocycles. The van der Waals surface area contributed by atoms with E-state index in [9.17, 15) is 0 Å². The summed E-state index contributed by atoms with van der Waals surface area (Å²) < 4.78 is 5.15. The minimum atomic E-state index is 0.788. The summed E-state index contributed by atoms with van der Waals surface area (Å²) in [4.78, 5) is 5.25. The first-order valence-electron chi connectivity index (χ1n) is 5.04. The van der Waals surface area contributed by atoms with Crippen molar-refractivity contribution in [1.29, 1.82) is 0 Å². The highest BCUT2D eigenvalue weighted by molar-refractivity contribution is 7.98. The predicted octanol–water partition coefficient (Wildman–Crippen LogP) is 3.17. The Balaban J connectivity index is 2.10. The highest BCUT2D eigenvalue weighted by Gasteiger charge is 2.06. The van der Waals surface area contributed by atoms with Crippen molar-refractivity contribution in [1.82, 2.24) is 4.98 Å². The maximum atomic E-state index is 5.90. The smallest absolute Gasteiger partial charge is 0.181 e. The van der Waals surface area contributed by atoms with Crippen LogP contribution in [-0.4, -0.2) is 4.98 Å². The summed E-state index contributed by atoms with van der Waals surface area (Å²) in [5.41, 5.74) is 8.91. The Bertz CT molecular complexity index is 494. The molecule has 0 radical (unpaired) electrons. The lowest BCUT2D eigenvalue weighted by atomic mass is 10.2. The van der Waals surface area contributed by atoms with Gasteiger partial charge in [-0.05, 0) is 31.5 Å². The zero-order valence-corrected chi connectivity index (χ0v) is 10.2. The molecule has 0 amide bonds. The number of rotatable bonds is 3. The van der Waals surface area contributed by atoms with Crippen molar-refractivity contribution in [3.8, 4) is 0 Å². The van der Waals surface area contributed by atoms with Crippen molar-refractivity contribution >= 4 is 17.4 Å². The lowest BCUT2D eigenvalue weighted by Crippen LogP contribution is -1.90. The molecule has 0 unspecified atom stereocenters. The van der Waals surface area contributed by atoms with Crippen LogP contribution in [0.3, 0.4) is 0 Å². The topological polar surface area (TPSA) is 52.0 Å². The van der Waals surface area contributed by atoms with Crippen molar-refractivity contribution in [2.24, 2.45) is 0 Å². The number of aryl methyl sites for hydroxylation is 2.